The van der Waals surface area contributed by atoms with Crippen LogP contribution in [0.5, 0.6) is 0 Å². The molecule has 7 heteroatoms. The molecule has 6 nitrogen and oxygen atoms in total. The van der Waals surface area contributed by atoms with Crippen LogP contribution in [-0.4, -0.2) is 42.4 Å². The van der Waals surface area contributed by atoms with Crippen molar-refractivity contribution in [3.63, 3.8) is 0 Å². The third-order valence-electron chi connectivity index (χ3n) is 2.40. The molecule has 1 aromatic carbocycles. The molecule has 0 heterocycles. The first-order valence-electron chi connectivity index (χ1n) is 5.88. The van der Waals surface area contributed by atoms with Crippen molar-refractivity contribution in [1.82, 2.24) is 5.32 Å². The first-order chi connectivity index (χ1) is 9.58. The summed E-state index contributed by atoms with van der Waals surface area (Å²) in [6.45, 7) is -0.231. The minimum Gasteiger partial charge on any atom is -0.467 e. The van der Waals surface area contributed by atoms with Gasteiger partial charge < -0.3 is 15.8 Å². The van der Waals surface area contributed by atoms with E-state index in [-0.39, 0.29) is 17.4 Å². The molecule has 3 N–H and O–H groups in total. The molecule has 1 rings (SSSR count). The highest BCUT2D eigenvalue weighted by Gasteiger charge is 2.22. The Balaban J connectivity index is 2.60. The SMILES string of the molecule is COC(=O)C(CSC(=O)c1ccccc1)NC(=O)CN. The molecule has 0 aliphatic carbocycles. The molecule has 0 fully saturated rings. The first-order valence-corrected chi connectivity index (χ1v) is 6.86. The fourth-order valence-electron chi connectivity index (χ4n) is 1.38. The Kier molecular flexibility index (Phi) is 6.75. The number of carbonyl (C=O) groups is 3. The van der Waals surface area contributed by atoms with Gasteiger partial charge in [0, 0.05) is 11.3 Å². The van der Waals surface area contributed by atoms with Crippen LogP contribution in [0.2, 0.25) is 0 Å². The number of amides is 1. The van der Waals surface area contributed by atoms with Crippen LogP contribution in [0.3, 0.4) is 0 Å². The van der Waals surface area contributed by atoms with Crippen LogP contribution in [0.25, 0.3) is 0 Å². The van der Waals surface area contributed by atoms with E-state index in [0.717, 1.165) is 11.8 Å². The topological polar surface area (TPSA) is 98.5 Å². The number of carbonyl (C=O) groups excluding carboxylic acids is 3. The second kappa shape index (κ2) is 8.34. The number of methoxy groups -OCH3 is 1. The van der Waals surface area contributed by atoms with E-state index in [4.69, 9.17) is 5.73 Å². The summed E-state index contributed by atoms with van der Waals surface area (Å²) in [5.74, 6) is -1.00. The van der Waals surface area contributed by atoms with E-state index in [0.29, 0.717) is 5.56 Å². The van der Waals surface area contributed by atoms with Crippen LogP contribution in [0.15, 0.2) is 30.3 Å². The van der Waals surface area contributed by atoms with E-state index < -0.39 is 17.9 Å². The highest BCUT2D eigenvalue weighted by molar-refractivity contribution is 8.14. The predicted octanol–water partition coefficient (Wildman–Crippen LogP) is 0.176. The number of ether oxygens (including phenoxy) is 1. The smallest absolute Gasteiger partial charge is 0.329 e. The molecule has 0 saturated carbocycles. The van der Waals surface area contributed by atoms with Crippen molar-refractivity contribution < 1.29 is 19.1 Å². The number of hydrogen-bond acceptors (Lipinski definition) is 6. The van der Waals surface area contributed by atoms with Gasteiger partial charge in [-0.25, -0.2) is 4.79 Å². The van der Waals surface area contributed by atoms with Gasteiger partial charge in [0.1, 0.15) is 6.04 Å². The summed E-state index contributed by atoms with van der Waals surface area (Å²) in [5.41, 5.74) is 5.70. The normalized spacial score (nSPS) is 11.5. The number of rotatable bonds is 6. The average Bonchev–Trinajstić information content (AvgIpc) is 2.50. The maximum atomic E-state index is 11.9. The number of nitrogens with two attached hydrogens (primary N) is 1. The Bertz CT molecular complexity index is 479. The molecule has 1 atom stereocenters. The van der Waals surface area contributed by atoms with Crippen LogP contribution in [-0.2, 0) is 14.3 Å². The standard InChI is InChI=1S/C13H16N2O4S/c1-19-12(17)10(15-11(16)7-14)8-20-13(18)9-5-3-2-4-6-9/h2-6,10H,7-8,14H2,1H3,(H,15,16). The van der Waals surface area contributed by atoms with Crippen molar-refractivity contribution in [1.29, 1.82) is 0 Å². The lowest BCUT2D eigenvalue weighted by Crippen LogP contribution is -2.45. The zero-order chi connectivity index (χ0) is 15.0. The number of nitrogens with one attached hydrogen (secondary N) is 1. The van der Waals surface area contributed by atoms with Crippen LogP contribution < -0.4 is 11.1 Å². The molecule has 1 unspecified atom stereocenters. The average molecular weight is 296 g/mol. The molecule has 0 saturated heterocycles. The molecular formula is C13H16N2O4S. The largest absolute Gasteiger partial charge is 0.467 e. The highest BCUT2D eigenvalue weighted by Crippen LogP contribution is 2.13. The fourth-order valence-corrected chi connectivity index (χ4v) is 2.22. The molecular weight excluding hydrogens is 280 g/mol. The minimum absolute atomic E-state index is 0.0894. The van der Waals surface area contributed by atoms with Gasteiger partial charge in [0.25, 0.3) is 0 Å². The van der Waals surface area contributed by atoms with Crippen LogP contribution in [0, 0.1) is 0 Å². The fraction of sp³-hybridized carbons (Fsp3) is 0.308. The van der Waals surface area contributed by atoms with Crippen LogP contribution in [0.1, 0.15) is 10.4 Å². The van der Waals surface area contributed by atoms with Gasteiger partial charge in [-0.1, -0.05) is 42.1 Å². The molecule has 0 aromatic heterocycles. The van der Waals surface area contributed by atoms with E-state index in [2.05, 4.69) is 10.1 Å². The lowest BCUT2D eigenvalue weighted by molar-refractivity contribution is -0.144. The Morgan fingerprint density at radius 1 is 1.30 bits per heavy atom. The Labute approximate surface area is 121 Å². The maximum Gasteiger partial charge on any atom is 0.329 e. The second-order valence-corrected chi connectivity index (χ2v) is 4.80. The van der Waals surface area contributed by atoms with Crippen molar-refractivity contribution in [3.05, 3.63) is 35.9 Å². The monoisotopic (exact) mass is 296 g/mol. The lowest BCUT2D eigenvalue weighted by Gasteiger charge is -2.15. The quantitative estimate of drug-likeness (QED) is 0.726. The van der Waals surface area contributed by atoms with Gasteiger partial charge in [0.15, 0.2) is 0 Å². The molecule has 0 aliphatic rings. The summed E-state index contributed by atoms with van der Waals surface area (Å²) >= 11 is 0.939. The molecule has 1 aromatic rings. The molecule has 20 heavy (non-hydrogen) atoms. The third kappa shape index (κ3) is 5.02. The van der Waals surface area contributed by atoms with Gasteiger partial charge in [-0.15, -0.1) is 0 Å². The molecule has 0 bridgehead atoms. The van der Waals surface area contributed by atoms with Gasteiger partial charge >= 0.3 is 5.97 Å². The number of benzene rings is 1. The summed E-state index contributed by atoms with van der Waals surface area (Å²) in [5, 5.41) is 2.23. The zero-order valence-electron chi connectivity index (χ0n) is 11.0. The van der Waals surface area contributed by atoms with E-state index in [1.54, 1.807) is 30.3 Å². The summed E-state index contributed by atoms with van der Waals surface area (Å²) in [6, 6.07) is 7.78. The zero-order valence-corrected chi connectivity index (χ0v) is 11.8. The van der Waals surface area contributed by atoms with Crippen molar-refractivity contribution in [2.24, 2.45) is 5.73 Å². The summed E-state index contributed by atoms with van der Waals surface area (Å²) < 4.78 is 4.58. The Morgan fingerprint density at radius 2 is 1.95 bits per heavy atom. The van der Waals surface area contributed by atoms with Crippen LogP contribution >= 0.6 is 11.8 Å². The Hall–Kier alpha value is -1.86. The van der Waals surface area contributed by atoms with Crippen molar-refractivity contribution in [2.45, 2.75) is 6.04 Å². The van der Waals surface area contributed by atoms with Crippen molar-refractivity contribution in [2.75, 3.05) is 19.4 Å². The molecule has 0 spiro atoms. The number of hydrogen-bond donors (Lipinski definition) is 2. The molecule has 108 valence electrons. The van der Waals surface area contributed by atoms with Gasteiger partial charge in [-0.2, -0.15) is 0 Å². The predicted molar refractivity (Wildman–Crippen MR) is 76.2 cm³/mol. The second-order valence-electron chi connectivity index (χ2n) is 3.81. The summed E-state index contributed by atoms with van der Waals surface area (Å²) in [6.07, 6.45) is 0. The van der Waals surface area contributed by atoms with E-state index in [9.17, 15) is 14.4 Å². The highest BCUT2D eigenvalue weighted by atomic mass is 32.2. The van der Waals surface area contributed by atoms with Gasteiger partial charge in [-0.05, 0) is 0 Å². The van der Waals surface area contributed by atoms with Gasteiger partial charge in [0.05, 0.1) is 13.7 Å². The lowest BCUT2D eigenvalue weighted by atomic mass is 10.2. The summed E-state index contributed by atoms with van der Waals surface area (Å²) in [7, 11) is 1.22. The van der Waals surface area contributed by atoms with Crippen molar-refractivity contribution in [3.8, 4) is 0 Å². The molecule has 0 radical (unpaired) electrons. The van der Waals surface area contributed by atoms with Crippen LogP contribution in [0.4, 0.5) is 0 Å². The minimum atomic E-state index is -0.895. The van der Waals surface area contributed by atoms with E-state index >= 15 is 0 Å². The number of esters is 1. The van der Waals surface area contributed by atoms with Gasteiger partial charge in [-0.3, -0.25) is 9.59 Å². The number of thioether (sulfide) groups is 1. The summed E-state index contributed by atoms with van der Waals surface area (Å²) in [4.78, 5) is 34.6. The van der Waals surface area contributed by atoms with E-state index in [1.807, 2.05) is 0 Å². The first kappa shape index (κ1) is 16.2. The van der Waals surface area contributed by atoms with Crippen molar-refractivity contribution >= 4 is 28.8 Å². The Morgan fingerprint density at radius 3 is 2.50 bits per heavy atom. The third-order valence-corrected chi connectivity index (χ3v) is 3.39. The maximum absolute atomic E-state index is 11.9. The molecule has 0 aliphatic heterocycles. The van der Waals surface area contributed by atoms with Gasteiger partial charge in [0.2, 0.25) is 11.0 Å². The van der Waals surface area contributed by atoms with E-state index in [1.165, 1.54) is 7.11 Å². The molecule has 1 amide bonds.